The van der Waals surface area contributed by atoms with E-state index in [4.69, 9.17) is 16.7 Å². The van der Waals surface area contributed by atoms with Gasteiger partial charge < -0.3 is 10.4 Å². The van der Waals surface area contributed by atoms with Gasteiger partial charge in [-0.15, -0.1) is 0 Å². The first-order valence-electron chi connectivity index (χ1n) is 5.93. The molecule has 2 aromatic carbocycles. The Balaban J connectivity index is 2.14. The highest BCUT2D eigenvalue weighted by Crippen LogP contribution is 2.15. The predicted molar refractivity (Wildman–Crippen MR) is 76.0 cm³/mol. The van der Waals surface area contributed by atoms with Gasteiger partial charge in [-0.05, 0) is 23.8 Å². The Kier molecular flexibility index (Phi) is 4.38. The van der Waals surface area contributed by atoms with Gasteiger partial charge in [0.1, 0.15) is 0 Å². The van der Waals surface area contributed by atoms with Gasteiger partial charge in [0.15, 0.2) is 0 Å². The second-order valence-corrected chi connectivity index (χ2v) is 4.53. The Labute approximate surface area is 121 Å². The first-order chi connectivity index (χ1) is 9.59. The third-order valence-electron chi connectivity index (χ3n) is 2.80. The minimum Gasteiger partial charge on any atom is -0.478 e. The van der Waals surface area contributed by atoms with Gasteiger partial charge in [0.2, 0.25) is 0 Å². The lowest BCUT2D eigenvalue weighted by Gasteiger charge is -2.08. The molecule has 102 valence electrons. The monoisotopic (exact) mass is 289 g/mol. The largest absolute Gasteiger partial charge is 0.478 e. The van der Waals surface area contributed by atoms with E-state index in [-0.39, 0.29) is 17.7 Å². The molecular formula is C15H12ClNO3. The van der Waals surface area contributed by atoms with Crippen molar-refractivity contribution in [2.24, 2.45) is 0 Å². The number of carboxylic acid groups (broad SMARTS) is 1. The van der Waals surface area contributed by atoms with Crippen molar-refractivity contribution in [1.29, 1.82) is 0 Å². The minimum absolute atomic E-state index is 0.0239. The lowest BCUT2D eigenvalue weighted by Crippen LogP contribution is -2.25. The first kappa shape index (κ1) is 14.1. The lowest BCUT2D eigenvalue weighted by molar-refractivity contribution is 0.0691. The molecule has 0 saturated heterocycles. The predicted octanol–water partition coefficient (Wildman–Crippen LogP) is 2.97. The van der Waals surface area contributed by atoms with Gasteiger partial charge in [-0.25, -0.2) is 4.79 Å². The molecule has 0 saturated carbocycles. The van der Waals surface area contributed by atoms with Crippen LogP contribution in [0, 0.1) is 0 Å². The van der Waals surface area contributed by atoms with Crippen molar-refractivity contribution in [3.8, 4) is 0 Å². The second kappa shape index (κ2) is 6.21. The Hall–Kier alpha value is -2.33. The van der Waals surface area contributed by atoms with Crippen LogP contribution in [-0.2, 0) is 6.54 Å². The molecule has 0 atom stereocenters. The van der Waals surface area contributed by atoms with Gasteiger partial charge in [-0.1, -0.05) is 41.9 Å². The molecule has 5 heteroatoms. The number of benzene rings is 2. The van der Waals surface area contributed by atoms with Crippen LogP contribution >= 0.6 is 11.6 Å². The molecule has 4 nitrogen and oxygen atoms in total. The molecule has 0 fully saturated rings. The van der Waals surface area contributed by atoms with E-state index in [1.54, 1.807) is 30.3 Å². The zero-order valence-electron chi connectivity index (χ0n) is 10.5. The number of hydrogen-bond donors (Lipinski definition) is 2. The van der Waals surface area contributed by atoms with E-state index < -0.39 is 11.9 Å². The summed E-state index contributed by atoms with van der Waals surface area (Å²) in [7, 11) is 0. The molecule has 0 radical (unpaired) electrons. The van der Waals surface area contributed by atoms with Crippen LogP contribution in [0.2, 0.25) is 5.02 Å². The smallest absolute Gasteiger partial charge is 0.336 e. The molecule has 0 aliphatic rings. The van der Waals surface area contributed by atoms with Gasteiger partial charge in [0.25, 0.3) is 5.91 Å². The van der Waals surface area contributed by atoms with E-state index >= 15 is 0 Å². The number of carbonyl (C=O) groups excluding carboxylic acids is 1. The molecule has 0 aliphatic heterocycles. The maximum absolute atomic E-state index is 12.0. The Bertz CT molecular complexity index is 655. The minimum atomic E-state index is -1.13. The number of carboxylic acids is 1. The van der Waals surface area contributed by atoms with Crippen LogP contribution in [0.15, 0.2) is 48.5 Å². The van der Waals surface area contributed by atoms with Crippen LogP contribution in [0.4, 0.5) is 0 Å². The third-order valence-corrected chi connectivity index (χ3v) is 3.17. The summed E-state index contributed by atoms with van der Waals surface area (Å²) in [5.74, 6) is -1.57. The summed E-state index contributed by atoms with van der Waals surface area (Å²) in [6.07, 6.45) is 0. The Morgan fingerprint density at radius 2 is 1.60 bits per heavy atom. The van der Waals surface area contributed by atoms with Crippen molar-refractivity contribution in [2.75, 3.05) is 0 Å². The normalized spacial score (nSPS) is 10.1. The molecular weight excluding hydrogens is 278 g/mol. The van der Waals surface area contributed by atoms with Crippen molar-refractivity contribution in [2.45, 2.75) is 6.54 Å². The van der Waals surface area contributed by atoms with Gasteiger partial charge in [-0.2, -0.15) is 0 Å². The molecule has 2 N–H and O–H groups in total. The summed E-state index contributed by atoms with van der Waals surface area (Å²) in [5, 5.41) is 12.3. The van der Waals surface area contributed by atoms with E-state index in [9.17, 15) is 9.59 Å². The molecule has 0 bridgehead atoms. The molecule has 0 unspecified atom stereocenters. The van der Waals surface area contributed by atoms with Gasteiger partial charge >= 0.3 is 5.97 Å². The molecule has 1 amide bonds. The molecule has 2 rings (SSSR count). The quantitative estimate of drug-likeness (QED) is 0.909. The lowest BCUT2D eigenvalue weighted by atomic mass is 10.1. The number of nitrogens with one attached hydrogen (secondary N) is 1. The van der Waals surface area contributed by atoms with Crippen LogP contribution in [-0.4, -0.2) is 17.0 Å². The van der Waals surface area contributed by atoms with E-state index in [1.165, 1.54) is 12.1 Å². The summed E-state index contributed by atoms with van der Waals surface area (Å²) in [4.78, 5) is 23.1. The number of hydrogen-bond acceptors (Lipinski definition) is 2. The highest BCUT2D eigenvalue weighted by Gasteiger charge is 2.15. The zero-order chi connectivity index (χ0) is 14.5. The fourth-order valence-corrected chi connectivity index (χ4v) is 1.98. The summed E-state index contributed by atoms with van der Waals surface area (Å²) < 4.78 is 0. The van der Waals surface area contributed by atoms with Crippen molar-refractivity contribution < 1.29 is 14.7 Å². The maximum atomic E-state index is 12.0. The van der Waals surface area contributed by atoms with E-state index in [2.05, 4.69) is 5.32 Å². The molecule has 0 aromatic heterocycles. The summed E-state index contributed by atoms with van der Waals surface area (Å²) >= 11 is 5.99. The third kappa shape index (κ3) is 3.16. The van der Waals surface area contributed by atoms with E-state index in [0.717, 1.165) is 5.56 Å². The van der Waals surface area contributed by atoms with Crippen molar-refractivity contribution >= 4 is 23.5 Å². The fourth-order valence-electron chi connectivity index (χ4n) is 1.78. The topological polar surface area (TPSA) is 66.4 Å². The number of halogens is 1. The van der Waals surface area contributed by atoms with Crippen molar-refractivity contribution in [1.82, 2.24) is 5.32 Å². The average molecular weight is 290 g/mol. The van der Waals surface area contributed by atoms with E-state index in [1.807, 2.05) is 6.07 Å². The molecule has 0 heterocycles. The molecule has 20 heavy (non-hydrogen) atoms. The maximum Gasteiger partial charge on any atom is 0.336 e. The standard InChI is InChI=1S/C15H12ClNO3/c16-13-8-4-1-5-10(13)9-17-14(18)11-6-2-3-7-12(11)15(19)20/h1-8H,9H2,(H,17,18)(H,19,20). The van der Waals surface area contributed by atoms with Gasteiger partial charge in [0.05, 0.1) is 11.1 Å². The molecule has 0 spiro atoms. The van der Waals surface area contributed by atoms with Crippen LogP contribution in [0.3, 0.4) is 0 Å². The number of amides is 1. The average Bonchev–Trinajstić information content (AvgIpc) is 2.46. The van der Waals surface area contributed by atoms with E-state index in [0.29, 0.717) is 5.02 Å². The van der Waals surface area contributed by atoms with Crippen LogP contribution in [0.1, 0.15) is 26.3 Å². The van der Waals surface area contributed by atoms with Crippen LogP contribution in [0.25, 0.3) is 0 Å². The van der Waals surface area contributed by atoms with Gasteiger partial charge in [0, 0.05) is 11.6 Å². The summed E-state index contributed by atoms with van der Waals surface area (Å²) in [6.45, 7) is 0.243. The first-order valence-corrected chi connectivity index (χ1v) is 6.31. The Morgan fingerprint density at radius 1 is 1.00 bits per heavy atom. The Morgan fingerprint density at radius 3 is 2.25 bits per heavy atom. The summed E-state index contributed by atoms with van der Waals surface area (Å²) in [5.41, 5.74) is 0.881. The highest BCUT2D eigenvalue weighted by molar-refractivity contribution is 6.31. The number of carbonyl (C=O) groups is 2. The fraction of sp³-hybridized carbons (Fsp3) is 0.0667. The van der Waals surface area contributed by atoms with Gasteiger partial charge in [-0.3, -0.25) is 4.79 Å². The molecule has 0 aliphatic carbocycles. The number of aromatic carboxylic acids is 1. The van der Waals surface area contributed by atoms with Crippen LogP contribution in [0.5, 0.6) is 0 Å². The molecule has 2 aromatic rings. The van der Waals surface area contributed by atoms with Crippen molar-refractivity contribution in [3.63, 3.8) is 0 Å². The van der Waals surface area contributed by atoms with Crippen LogP contribution < -0.4 is 5.32 Å². The summed E-state index contributed by atoms with van der Waals surface area (Å²) in [6, 6.07) is 13.2. The second-order valence-electron chi connectivity index (χ2n) is 4.12. The highest BCUT2D eigenvalue weighted by atomic mass is 35.5. The SMILES string of the molecule is O=C(O)c1ccccc1C(=O)NCc1ccccc1Cl. The zero-order valence-corrected chi connectivity index (χ0v) is 11.2. The number of rotatable bonds is 4. The van der Waals surface area contributed by atoms with Crippen molar-refractivity contribution in [3.05, 3.63) is 70.2 Å².